The molecule has 9 aromatic carbocycles. The predicted molar refractivity (Wildman–Crippen MR) is 361 cm³/mol. The molecule has 2 aromatic heterocycles. The van der Waals surface area contributed by atoms with Crippen LogP contribution in [0.25, 0.3) is 72.1 Å². The van der Waals surface area contributed by atoms with Crippen molar-refractivity contribution in [1.29, 1.82) is 0 Å². The van der Waals surface area contributed by atoms with Crippen LogP contribution in [0, 0.1) is 19.0 Å². The number of aryl methyl sites for hydroxylation is 1. The number of ether oxygens (including phenoxy) is 1. The zero-order valence-electron chi connectivity index (χ0n) is 55.4. The Morgan fingerprint density at radius 2 is 1.11 bits per heavy atom. The van der Waals surface area contributed by atoms with E-state index in [1.54, 1.807) is 12.3 Å². The van der Waals surface area contributed by atoms with Crippen LogP contribution in [0.5, 0.6) is 11.5 Å². The van der Waals surface area contributed by atoms with E-state index in [-0.39, 0.29) is 53.7 Å². The first-order valence-corrected chi connectivity index (χ1v) is 30.4. The number of nitrogens with zero attached hydrogens (tertiary/aromatic N) is 4. The van der Waals surface area contributed by atoms with Gasteiger partial charge in [-0.25, -0.2) is 4.98 Å². The molecule has 5 nitrogen and oxygen atoms in total. The van der Waals surface area contributed by atoms with Crippen LogP contribution in [0.2, 0.25) is 0 Å². The van der Waals surface area contributed by atoms with Gasteiger partial charge in [0, 0.05) is 45.0 Å². The minimum Gasteiger partial charge on any atom is -0.509 e. The van der Waals surface area contributed by atoms with E-state index >= 15 is 0 Å². The largest absolute Gasteiger partial charge is 2.00 e. The summed E-state index contributed by atoms with van der Waals surface area (Å²) in [4.78, 5) is 5.16. The van der Waals surface area contributed by atoms with E-state index in [2.05, 4.69) is 275 Å². The molecule has 1 aliphatic carbocycles. The number of fused-ring (bicyclic) bond motifs is 5. The maximum absolute atomic E-state index is 9.00. The Bertz CT molecular complexity index is 4720. The Morgan fingerprint density at radius 1 is 0.506 bits per heavy atom. The number of benzene rings is 9. The van der Waals surface area contributed by atoms with Crippen molar-refractivity contribution in [2.75, 3.05) is 0 Å². The van der Waals surface area contributed by atoms with Crippen molar-refractivity contribution in [3.8, 4) is 61.8 Å². The fourth-order valence-corrected chi connectivity index (χ4v) is 12.8. The topological polar surface area (TPSA) is 33.1 Å². The van der Waals surface area contributed by atoms with Gasteiger partial charge in [0.05, 0.1) is 11.1 Å². The Hall–Kier alpha value is -8.20. The van der Waals surface area contributed by atoms with E-state index in [0.29, 0.717) is 28.4 Å². The third-order valence-corrected chi connectivity index (χ3v) is 18.1. The van der Waals surface area contributed by atoms with Crippen molar-refractivity contribution in [3.05, 3.63) is 240 Å². The van der Waals surface area contributed by atoms with Crippen molar-refractivity contribution in [2.45, 2.75) is 137 Å². The summed E-state index contributed by atoms with van der Waals surface area (Å²) < 4.78 is 40.2. The summed E-state index contributed by atoms with van der Waals surface area (Å²) in [6, 6.07) is 77.8. The van der Waals surface area contributed by atoms with Crippen LogP contribution in [-0.4, -0.2) is 15.6 Å². The maximum atomic E-state index is 9.00. The first kappa shape index (κ1) is 55.4. The fraction of sp³-hybridized carbons (Fsp3) is 0.259. The average Bonchev–Trinajstić information content (AvgIpc) is 1.44. The van der Waals surface area contributed by atoms with E-state index < -0.39 is 6.85 Å². The number of para-hydroxylation sites is 2. The zero-order chi connectivity index (χ0) is 62.7. The van der Waals surface area contributed by atoms with Crippen molar-refractivity contribution in [3.63, 3.8) is 0 Å². The van der Waals surface area contributed by atoms with E-state index in [1.165, 1.54) is 38.9 Å². The number of aromatic nitrogens is 2. The Kier molecular flexibility index (Phi) is 13.9. The molecule has 0 unspecified atom stereocenters. The quantitative estimate of drug-likeness (QED) is 0.107. The molecular formula is C81H78N4OPt+2. The van der Waals surface area contributed by atoms with Gasteiger partial charge in [-0.15, -0.1) is 23.6 Å². The predicted octanol–water partition coefficient (Wildman–Crippen LogP) is 21.6. The third-order valence-electron chi connectivity index (χ3n) is 18.1. The van der Waals surface area contributed by atoms with E-state index in [4.69, 9.17) is 13.8 Å². The second-order valence-electron chi connectivity index (χ2n) is 28.2. The molecule has 0 saturated heterocycles. The van der Waals surface area contributed by atoms with Crippen molar-refractivity contribution in [1.82, 2.24) is 18.7 Å². The van der Waals surface area contributed by atoms with Gasteiger partial charge in [-0.3, -0.25) is 0 Å². The van der Waals surface area contributed by atoms with Crippen LogP contribution in [0.4, 0.5) is 22.7 Å². The van der Waals surface area contributed by atoms with Crippen LogP contribution < -0.4 is 13.9 Å². The number of hydrogen-bond acceptors (Lipinski definition) is 2. The van der Waals surface area contributed by atoms with Gasteiger partial charge < -0.3 is 9.30 Å². The van der Waals surface area contributed by atoms with Crippen molar-refractivity contribution < 1.29 is 29.9 Å². The summed E-state index contributed by atoms with van der Waals surface area (Å²) in [6.45, 7) is 27.2. The minimum atomic E-state index is -2.44. The van der Waals surface area contributed by atoms with Gasteiger partial charge in [-0.2, -0.15) is 12.1 Å². The molecule has 3 heterocycles. The van der Waals surface area contributed by atoms with E-state index in [9.17, 15) is 0 Å². The Balaban J connectivity index is 0.00000785. The molecule has 0 radical (unpaired) electrons. The van der Waals surface area contributed by atoms with Crippen LogP contribution in [0.1, 0.15) is 140 Å². The van der Waals surface area contributed by atoms with Crippen molar-refractivity contribution in [2.24, 2.45) is 0 Å². The van der Waals surface area contributed by atoms with Crippen LogP contribution in [0.3, 0.4) is 0 Å². The van der Waals surface area contributed by atoms with Gasteiger partial charge >= 0.3 is 27.1 Å². The summed E-state index contributed by atoms with van der Waals surface area (Å²) in [7, 11) is 0. The van der Waals surface area contributed by atoms with Gasteiger partial charge in [0.15, 0.2) is 0 Å². The molecule has 11 aromatic rings. The average molecular weight is 1320 g/mol. The monoisotopic (exact) mass is 1320 g/mol. The molecule has 0 amide bonds. The second-order valence-corrected chi connectivity index (χ2v) is 28.2. The summed E-state index contributed by atoms with van der Waals surface area (Å²) in [5, 5.41) is 1.96. The van der Waals surface area contributed by atoms with Crippen LogP contribution in [-0.2, 0) is 48.1 Å². The normalized spacial score (nSPS) is 15.2. The summed E-state index contributed by atoms with van der Waals surface area (Å²) in [5.41, 5.74) is 19.5. The number of rotatable bonds is 9. The molecule has 436 valence electrons. The van der Waals surface area contributed by atoms with Gasteiger partial charge in [0.2, 0.25) is 5.69 Å². The second kappa shape index (κ2) is 21.9. The Labute approximate surface area is 534 Å². The number of hydrogen-bond donors (Lipinski definition) is 0. The van der Waals surface area contributed by atoms with Gasteiger partial charge in [-0.05, 0) is 148 Å². The van der Waals surface area contributed by atoms with Crippen LogP contribution in [0.15, 0.2) is 194 Å². The first-order valence-electron chi connectivity index (χ1n) is 31.9. The van der Waals surface area contributed by atoms with E-state index in [0.717, 1.165) is 79.7 Å². The smallest absolute Gasteiger partial charge is 0.509 e. The first-order chi connectivity index (χ1) is 42.1. The molecule has 0 N–H and O–H groups in total. The molecule has 0 spiro atoms. The molecule has 13 rings (SSSR count). The molecule has 87 heavy (non-hydrogen) atoms. The molecule has 0 saturated carbocycles. The van der Waals surface area contributed by atoms with Crippen molar-refractivity contribution >= 4 is 50.6 Å². The fourth-order valence-electron chi connectivity index (χ4n) is 12.8. The Morgan fingerprint density at radius 3 is 1.79 bits per heavy atom. The maximum Gasteiger partial charge on any atom is 2.00 e. The standard InChI is InChI=1S/C81H78N4O.Pt/c1-52-40-75(82-50-68(52)55-32-36-69-70(44-55)81(13,14)39-38-80(69,11)12)85-71-37-33-58(77(2,3)4)45-67(71)64-35-34-63(49-74(64)85)86-62-29-23-28-61(48-62)83-51-84(73-31-22-21-30-72(73)83)76-65(54-26-19-16-20-27-54)46-60(79(8,9)10)47-66(76)57-41-56(53-24-17-15-18-25-53)42-59(43-57)78(5,6)7;/h15-37,40-47,50H,38-39H2,1-14H3;/q;+2/i1D3;. The van der Waals surface area contributed by atoms with Gasteiger partial charge in [-0.1, -0.05) is 227 Å². The molecule has 6 heteroatoms. The molecular weight excluding hydrogens is 1240 g/mol. The molecule has 0 bridgehead atoms. The summed E-state index contributed by atoms with van der Waals surface area (Å²) >= 11 is 0. The SMILES string of the molecule is [2H]C([2H])([2H])c1cc(-n2c3[c-]c(Oc4[c-]c([N+]5=C=[N+](c6c(-c7ccccc7)cc(C(C)(C)C)cc6-c6cc(-c7ccccc7)cc(C(C)(C)C)c6)c6ccccc65)ccc4)ccc3c3cc(C(C)(C)C)ccc32)ncc1-c1ccc2c(c1)C(C)(C)CCC2(C)C.[Pt+2]. The third kappa shape index (κ3) is 11.0. The minimum absolute atomic E-state index is 0. The van der Waals surface area contributed by atoms with Gasteiger partial charge in [0.1, 0.15) is 11.5 Å². The zero-order valence-corrected chi connectivity index (χ0v) is 54.7. The number of pyridine rings is 1. The molecule has 1 aliphatic heterocycles. The molecule has 0 atom stereocenters. The molecule has 2 aliphatic rings. The molecule has 0 fully saturated rings. The van der Waals surface area contributed by atoms with Gasteiger partial charge in [0.25, 0.3) is 11.4 Å². The summed E-state index contributed by atoms with van der Waals surface area (Å²) in [5.74, 6) is 1.45. The summed E-state index contributed by atoms with van der Waals surface area (Å²) in [6.07, 6.45) is 3.90. The van der Waals surface area contributed by atoms with E-state index in [1.807, 2.05) is 28.8 Å². The van der Waals surface area contributed by atoms with Crippen LogP contribution >= 0.6 is 0 Å².